The van der Waals surface area contributed by atoms with Gasteiger partial charge in [-0.2, -0.15) is 0 Å². The average Bonchev–Trinajstić information content (AvgIpc) is 2.48. The van der Waals surface area contributed by atoms with Gasteiger partial charge in [0.1, 0.15) is 11.6 Å². The number of hydrogen-bond donors (Lipinski definition) is 1. The maximum absolute atomic E-state index is 13.1. The standard InChI is InChI=1S/C17H19FN2O/c1-3-20(4-2)16-9-8-13(17(21)11-16)12-19-15-7-5-6-14(18)10-15/h5-12,21H,3-4H2,1-2H3. The number of anilines is 1. The molecule has 2 aromatic carbocycles. The Hall–Kier alpha value is -2.36. The van der Waals surface area contributed by atoms with Crippen LogP contribution in [-0.4, -0.2) is 24.4 Å². The van der Waals surface area contributed by atoms with E-state index >= 15 is 0 Å². The minimum atomic E-state index is -0.328. The Morgan fingerprint density at radius 1 is 1.14 bits per heavy atom. The van der Waals surface area contributed by atoms with Crippen molar-refractivity contribution >= 4 is 17.6 Å². The Bertz CT molecular complexity index is 636. The van der Waals surface area contributed by atoms with Gasteiger partial charge in [0.2, 0.25) is 0 Å². The quantitative estimate of drug-likeness (QED) is 0.839. The van der Waals surface area contributed by atoms with Crippen LogP contribution in [-0.2, 0) is 0 Å². The van der Waals surface area contributed by atoms with Crippen LogP contribution in [0.25, 0.3) is 0 Å². The van der Waals surface area contributed by atoms with Crippen molar-refractivity contribution in [1.82, 2.24) is 0 Å². The van der Waals surface area contributed by atoms with Gasteiger partial charge in [0.05, 0.1) is 5.69 Å². The molecule has 4 heteroatoms. The van der Waals surface area contributed by atoms with E-state index in [4.69, 9.17) is 0 Å². The minimum Gasteiger partial charge on any atom is -0.507 e. The van der Waals surface area contributed by atoms with Crippen molar-refractivity contribution in [3.63, 3.8) is 0 Å². The maximum Gasteiger partial charge on any atom is 0.126 e. The lowest BCUT2D eigenvalue weighted by molar-refractivity contribution is 0.474. The Morgan fingerprint density at radius 2 is 1.90 bits per heavy atom. The largest absolute Gasteiger partial charge is 0.507 e. The second kappa shape index (κ2) is 6.88. The summed E-state index contributed by atoms with van der Waals surface area (Å²) in [5.74, 6) is -0.162. The Kier molecular flexibility index (Phi) is 4.93. The molecule has 0 aromatic heterocycles. The number of benzene rings is 2. The summed E-state index contributed by atoms with van der Waals surface area (Å²) in [7, 11) is 0. The summed E-state index contributed by atoms with van der Waals surface area (Å²) in [6, 6.07) is 11.5. The lowest BCUT2D eigenvalue weighted by atomic mass is 10.2. The highest BCUT2D eigenvalue weighted by Crippen LogP contribution is 2.24. The van der Waals surface area contributed by atoms with Crippen molar-refractivity contribution in [1.29, 1.82) is 0 Å². The fourth-order valence-electron chi connectivity index (χ4n) is 2.13. The lowest BCUT2D eigenvalue weighted by Gasteiger charge is -2.21. The molecule has 0 heterocycles. The fourth-order valence-corrected chi connectivity index (χ4v) is 2.13. The summed E-state index contributed by atoms with van der Waals surface area (Å²) < 4.78 is 13.1. The summed E-state index contributed by atoms with van der Waals surface area (Å²) in [5, 5.41) is 10.1. The molecule has 0 aliphatic carbocycles. The fraction of sp³-hybridized carbons (Fsp3) is 0.235. The summed E-state index contributed by atoms with van der Waals surface area (Å²) >= 11 is 0. The SMILES string of the molecule is CCN(CC)c1ccc(C=Nc2cccc(F)c2)c(O)c1. The third-order valence-electron chi connectivity index (χ3n) is 3.30. The zero-order valence-electron chi connectivity index (χ0n) is 12.3. The molecule has 1 N–H and O–H groups in total. The van der Waals surface area contributed by atoms with E-state index in [2.05, 4.69) is 23.7 Å². The third kappa shape index (κ3) is 3.81. The number of halogens is 1. The Balaban J connectivity index is 2.21. The van der Waals surface area contributed by atoms with Crippen LogP contribution < -0.4 is 4.90 Å². The van der Waals surface area contributed by atoms with Crippen LogP contribution >= 0.6 is 0 Å². The van der Waals surface area contributed by atoms with E-state index < -0.39 is 0 Å². The second-order valence-electron chi connectivity index (χ2n) is 4.65. The van der Waals surface area contributed by atoms with Crippen LogP contribution in [0.3, 0.4) is 0 Å². The van der Waals surface area contributed by atoms with Gasteiger partial charge < -0.3 is 10.0 Å². The molecule has 0 atom stereocenters. The average molecular weight is 286 g/mol. The molecule has 0 amide bonds. The third-order valence-corrected chi connectivity index (χ3v) is 3.30. The van der Waals surface area contributed by atoms with Crippen molar-refractivity contribution in [3.8, 4) is 5.75 Å². The van der Waals surface area contributed by atoms with Crippen molar-refractivity contribution in [2.24, 2.45) is 4.99 Å². The first-order valence-electron chi connectivity index (χ1n) is 7.01. The highest BCUT2D eigenvalue weighted by atomic mass is 19.1. The molecular formula is C17H19FN2O. The van der Waals surface area contributed by atoms with Gasteiger partial charge in [-0.05, 0) is 44.2 Å². The molecule has 21 heavy (non-hydrogen) atoms. The Morgan fingerprint density at radius 3 is 2.52 bits per heavy atom. The molecular weight excluding hydrogens is 267 g/mol. The number of nitrogens with zero attached hydrogens (tertiary/aromatic N) is 2. The van der Waals surface area contributed by atoms with Gasteiger partial charge in [0.15, 0.2) is 0 Å². The summed E-state index contributed by atoms with van der Waals surface area (Å²) in [5.41, 5.74) is 2.10. The number of rotatable bonds is 5. The number of hydrogen-bond acceptors (Lipinski definition) is 3. The molecule has 0 aliphatic heterocycles. The number of aliphatic imine (C=N–C) groups is 1. The van der Waals surface area contributed by atoms with Crippen molar-refractivity contribution in [2.75, 3.05) is 18.0 Å². The van der Waals surface area contributed by atoms with Gasteiger partial charge in [-0.25, -0.2) is 4.39 Å². The van der Waals surface area contributed by atoms with Gasteiger partial charge in [0.25, 0.3) is 0 Å². The summed E-state index contributed by atoms with van der Waals surface area (Å²) in [4.78, 5) is 6.32. The van der Waals surface area contributed by atoms with Gasteiger partial charge in [-0.15, -0.1) is 0 Å². The highest BCUT2D eigenvalue weighted by molar-refractivity contribution is 5.86. The molecule has 0 saturated carbocycles. The van der Waals surface area contributed by atoms with Crippen molar-refractivity contribution < 1.29 is 9.50 Å². The number of aromatic hydroxyl groups is 1. The molecule has 2 rings (SSSR count). The van der Waals surface area contributed by atoms with Crippen LogP contribution in [0.2, 0.25) is 0 Å². The van der Waals surface area contributed by atoms with Crippen LogP contribution in [0.1, 0.15) is 19.4 Å². The van der Waals surface area contributed by atoms with Crippen LogP contribution in [0.15, 0.2) is 47.5 Å². The molecule has 110 valence electrons. The second-order valence-corrected chi connectivity index (χ2v) is 4.65. The molecule has 0 saturated heterocycles. The zero-order valence-corrected chi connectivity index (χ0v) is 12.3. The van der Waals surface area contributed by atoms with E-state index in [1.54, 1.807) is 18.2 Å². The first-order chi connectivity index (χ1) is 10.1. The first kappa shape index (κ1) is 15.0. The molecule has 3 nitrogen and oxygen atoms in total. The van der Waals surface area contributed by atoms with E-state index in [0.29, 0.717) is 11.3 Å². The Labute approximate surface area is 124 Å². The smallest absolute Gasteiger partial charge is 0.126 e. The molecule has 0 aliphatic rings. The van der Waals surface area contributed by atoms with Crippen LogP contribution in [0, 0.1) is 5.82 Å². The van der Waals surface area contributed by atoms with E-state index in [1.807, 2.05) is 12.1 Å². The van der Waals surface area contributed by atoms with Gasteiger partial charge in [0, 0.05) is 36.6 Å². The van der Waals surface area contributed by atoms with Gasteiger partial charge in [-0.1, -0.05) is 6.07 Å². The van der Waals surface area contributed by atoms with E-state index in [1.165, 1.54) is 18.3 Å². The molecule has 0 spiro atoms. The number of phenols is 1. The molecule has 0 unspecified atom stereocenters. The zero-order chi connectivity index (χ0) is 15.2. The predicted molar refractivity (Wildman–Crippen MR) is 85.3 cm³/mol. The van der Waals surface area contributed by atoms with E-state index in [-0.39, 0.29) is 11.6 Å². The monoisotopic (exact) mass is 286 g/mol. The van der Waals surface area contributed by atoms with E-state index in [9.17, 15) is 9.50 Å². The van der Waals surface area contributed by atoms with E-state index in [0.717, 1.165) is 18.8 Å². The van der Waals surface area contributed by atoms with Gasteiger partial charge >= 0.3 is 0 Å². The molecule has 0 fully saturated rings. The van der Waals surface area contributed by atoms with Gasteiger partial charge in [-0.3, -0.25) is 4.99 Å². The topological polar surface area (TPSA) is 35.8 Å². The first-order valence-corrected chi connectivity index (χ1v) is 7.01. The lowest BCUT2D eigenvalue weighted by Crippen LogP contribution is -2.21. The summed E-state index contributed by atoms with van der Waals surface area (Å²) in [6.45, 7) is 5.90. The molecule has 0 bridgehead atoms. The van der Waals surface area contributed by atoms with Crippen molar-refractivity contribution in [2.45, 2.75) is 13.8 Å². The number of phenolic OH excluding ortho intramolecular Hbond substituents is 1. The minimum absolute atomic E-state index is 0.166. The molecule has 2 aromatic rings. The van der Waals surface area contributed by atoms with Crippen LogP contribution in [0.5, 0.6) is 5.75 Å². The normalized spacial score (nSPS) is 11.0. The van der Waals surface area contributed by atoms with Crippen LogP contribution in [0.4, 0.5) is 15.8 Å². The maximum atomic E-state index is 13.1. The molecule has 0 radical (unpaired) electrons. The predicted octanol–water partition coefficient (Wildman–Crippen LogP) is 4.13. The summed E-state index contributed by atoms with van der Waals surface area (Å²) in [6.07, 6.45) is 1.54. The van der Waals surface area contributed by atoms with Crippen molar-refractivity contribution in [3.05, 3.63) is 53.8 Å². The highest BCUT2D eigenvalue weighted by Gasteiger charge is 2.05.